The molecule has 6 N–H and O–H groups in total. The highest BCUT2D eigenvalue weighted by molar-refractivity contribution is 5.98. The highest BCUT2D eigenvalue weighted by atomic mass is 16.2. The smallest absolute Gasteiger partial charge is 0.256 e. The maximum atomic E-state index is 12.5. The molecule has 2 heterocycles. The number of anilines is 2. The molecule has 0 fully saturated rings. The van der Waals surface area contributed by atoms with E-state index in [2.05, 4.69) is 36.2 Å². The van der Waals surface area contributed by atoms with E-state index in [-0.39, 0.29) is 18.2 Å². The van der Waals surface area contributed by atoms with E-state index in [1.165, 1.54) is 6.20 Å². The zero-order valence-corrected chi connectivity index (χ0v) is 17.3. The van der Waals surface area contributed by atoms with Crippen molar-refractivity contribution in [1.82, 2.24) is 25.6 Å². The van der Waals surface area contributed by atoms with Gasteiger partial charge in [0.15, 0.2) is 0 Å². The molecule has 0 saturated carbocycles. The fourth-order valence-corrected chi connectivity index (χ4v) is 2.57. The van der Waals surface area contributed by atoms with Gasteiger partial charge < -0.3 is 27.0 Å². The van der Waals surface area contributed by atoms with Crippen molar-refractivity contribution in [1.29, 1.82) is 0 Å². The third kappa shape index (κ3) is 8.00. The lowest BCUT2D eigenvalue weighted by molar-refractivity contribution is -0.120. The summed E-state index contributed by atoms with van der Waals surface area (Å²) in [4.78, 5) is 36.6. The first kappa shape index (κ1) is 23.0. The molecule has 0 unspecified atom stereocenters. The Kier molecular flexibility index (Phi) is 10.0. The minimum absolute atomic E-state index is 0.137. The summed E-state index contributed by atoms with van der Waals surface area (Å²) in [6.45, 7) is 4.30. The van der Waals surface area contributed by atoms with Crippen LogP contribution < -0.4 is 27.0 Å². The second-order valence-electron chi connectivity index (χ2n) is 6.56. The topological polar surface area (TPSA) is 147 Å². The second-order valence-corrected chi connectivity index (χ2v) is 6.56. The van der Waals surface area contributed by atoms with E-state index in [1.54, 1.807) is 12.4 Å². The average Bonchev–Trinajstić information content (AvgIpc) is 2.76. The number of nitrogens with one attached hydrogen (secondary N) is 4. The average molecular weight is 415 g/mol. The highest BCUT2D eigenvalue weighted by Gasteiger charge is 2.14. The van der Waals surface area contributed by atoms with Gasteiger partial charge in [-0.05, 0) is 30.5 Å². The van der Waals surface area contributed by atoms with E-state index >= 15 is 0 Å². The Hall–Kier alpha value is -3.27. The molecular formula is C20H30N8O2. The molecule has 2 aromatic rings. The van der Waals surface area contributed by atoms with E-state index in [0.717, 1.165) is 18.4 Å². The molecule has 162 valence electrons. The molecule has 0 aliphatic carbocycles. The van der Waals surface area contributed by atoms with Gasteiger partial charge in [0.05, 0.1) is 0 Å². The molecule has 0 radical (unpaired) electrons. The molecule has 0 bridgehead atoms. The summed E-state index contributed by atoms with van der Waals surface area (Å²) in [7, 11) is 0. The number of carbonyl (C=O) groups is 2. The molecule has 10 nitrogen and oxygen atoms in total. The maximum absolute atomic E-state index is 12.5. The Morgan fingerprint density at radius 2 is 1.80 bits per heavy atom. The number of hydrogen-bond donors (Lipinski definition) is 5. The molecular weight excluding hydrogens is 384 g/mol. The van der Waals surface area contributed by atoms with E-state index in [1.807, 2.05) is 19.1 Å². The molecule has 2 amide bonds. The van der Waals surface area contributed by atoms with Crippen molar-refractivity contribution >= 4 is 23.6 Å². The van der Waals surface area contributed by atoms with Gasteiger partial charge in [-0.2, -0.15) is 4.98 Å². The van der Waals surface area contributed by atoms with Crippen LogP contribution in [0, 0.1) is 0 Å². The van der Waals surface area contributed by atoms with Crippen LogP contribution in [0.15, 0.2) is 30.7 Å². The third-order valence-corrected chi connectivity index (χ3v) is 4.13. The first-order valence-corrected chi connectivity index (χ1v) is 10.1. The fraction of sp³-hybridized carbons (Fsp3) is 0.450. The van der Waals surface area contributed by atoms with Crippen molar-refractivity contribution in [3.8, 4) is 0 Å². The van der Waals surface area contributed by atoms with Crippen LogP contribution in [0.4, 0.5) is 11.8 Å². The SMILES string of the molecule is CCCNc1nc(NCCc2ccncc2)ncc1C(=O)NCCNC(=O)CCN. The lowest BCUT2D eigenvalue weighted by Gasteiger charge is -2.13. The van der Waals surface area contributed by atoms with Gasteiger partial charge in [-0.15, -0.1) is 0 Å². The summed E-state index contributed by atoms with van der Waals surface area (Å²) < 4.78 is 0. The molecule has 0 saturated heterocycles. The quantitative estimate of drug-likeness (QED) is 0.298. The van der Waals surface area contributed by atoms with Gasteiger partial charge in [0, 0.05) is 57.7 Å². The molecule has 0 spiro atoms. The predicted octanol–water partition coefficient (Wildman–Crippen LogP) is 0.543. The standard InChI is InChI=1S/C20H30N8O2/c1-2-8-24-18-16(19(30)25-13-12-23-17(29)3-7-21)14-27-20(28-18)26-11-6-15-4-9-22-10-5-15/h4-5,9-10,14H,2-3,6-8,11-13,21H2,1H3,(H,23,29)(H,25,30)(H2,24,26,27,28). The Balaban J connectivity index is 1.91. The van der Waals surface area contributed by atoms with E-state index in [9.17, 15) is 9.59 Å². The van der Waals surface area contributed by atoms with Crippen molar-refractivity contribution in [2.75, 3.05) is 43.4 Å². The largest absolute Gasteiger partial charge is 0.369 e. The Labute approximate surface area is 176 Å². The van der Waals surface area contributed by atoms with Crippen LogP contribution >= 0.6 is 0 Å². The molecule has 10 heteroatoms. The number of amides is 2. The van der Waals surface area contributed by atoms with Crippen LogP contribution in [-0.4, -0.2) is 59.5 Å². The number of rotatable bonds is 13. The summed E-state index contributed by atoms with van der Waals surface area (Å²) in [5.41, 5.74) is 6.85. The van der Waals surface area contributed by atoms with E-state index in [4.69, 9.17) is 5.73 Å². The van der Waals surface area contributed by atoms with Crippen molar-refractivity contribution in [3.05, 3.63) is 41.9 Å². The van der Waals surface area contributed by atoms with Gasteiger partial charge in [-0.3, -0.25) is 14.6 Å². The summed E-state index contributed by atoms with van der Waals surface area (Å²) in [5.74, 6) is 0.490. The summed E-state index contributed by atoms with van der Waals surface area (Å²) in [6.07, 6.45) is 6.99. The fourth-order valence-electron chi connectivity index (χ4n) is 2.57. The Morgan fingerprint density at radius 1 is 1.03 bits per heavy atom. The highest BCUT2D eigenvalue weighted by Crippen LogP contribution is 2.14. The zero-order chi connectivity index (χ0) is 21.6. The summed E-state index contributed by atoms with van der Waals surface area (Å²) in [6, 6.07) is 3.92. The van der Waals surface area contributed by atoms with Crippen molar-refractivity contribution < 1.29 is 9.59 Å². The molecule has 0 aliphatic rings. The van der Waals surface area contributed by atoms with Gasteiger partial charge in [0.25, 0.3) is 5.91 Å². The minimum atomic E-state index is -0.301. The van der Waals surface area contributed by atoms with Gasteiger partial charge >= 0.3 is 0 Å². The van der Waals surface area contributed by atoms with Gasteiger partial charge in [0.2, 0.25) is 11.9 Å². The number of nitrogens with zero attached hydrogens (tertiary/aromatic N) is 3. The number of pyridine rings is 1. The number of aromatic nitrogens is 3. The third-order valence-electron chi connectivity index (χ3n) is 4.13. The second kappa shape index (κ2) is 13.0. The maximum Gasteiger partial charge on any atom is 0.256 e. The van der Waals surface area contributed by atoms with Crippen LogP contribution in [0.1, 0.15) is 35.7 Å². The van der Waals surface area contributed by atoms with Crippen LogP contribution in [0.5, 0.6) is 0 Å². The number of carbonyl (C=O) groups excluding carboxylic acids is 2. The summed E-state index contributed by atoms with van der Waals surface area (Å²) >= 11 is 0. The molecule has 0 aliphatic heterocycles. The lowest BCUT2D eigenvalue weighted by Crippen LogP contribution is -2.35. The molecule has 2 aromatic heterocycles. The van der Waals surface area contributed by atoms with Crippen LogP contribution in [0.2, 0.25) is 0 Å². The first-order valence-electron chi connectivity index (χ1n) is 10.1. The lowest BCUT2D eigenvalue weighted by atomic mass is 10.2. The predicted molar refractivity (Wildman–Crippen MR) is 116 cm³/mol. The normalized spacial score (nSPS) is 10.3. The Morgan fingerprint density at radius 3 is 2.53 bits per heavy atom. The Bertz CT molecular complexity index is 801. The molecule has 30 heavy (non-hydrogen) atoms. The van der Waals surface area contributed by atoms with Gasteiger partial charge in [-0.1, -0.05) is 6.92 Å². The van der Waals surface area contributed by atoms with Crippen LogP contribution in [0.25, 0.3) is 0 Å². The first-order chi connectivity index (χ1) is 14.6. The minimum Gasteiger partial charge on any atom is -0.369 e. The number of hydrogen-bond acceptors (Lipinski definition) is 8. The number of nitrogens with two attached hydrogens (primary N) is 1. The molecule has 0 aromatic carbocycles. The molecule has 0 atom stereocenters. The summed E-state index contributed by atoms with van der Waals surface area (Å²) in [5, 5.41) is 11.8. The van der Waals surface area contributed by atoms with Gasteiger partial charge in [-0.25, -0.2) is 4.98 Å². The van der Waals surface area contributed by atoms with Crippen molar-refractivity contribution in [2.45, 2.75) is 26.2 Å². The van der Waals surface area contributed by atoms with Crippen LogP contribution in [-0.2, 0) is 11.2 Å². The monoisotopic (exact) mass is 414 g/mol. The van der Waals surface area contributed by atoms with Crippen LogP contribution in [0.3, 0.4) is 0 Å². The van der Waals surface area contributed by atoms with E-state index < -0.39 is 0 Å². The molecule has 2 rings (SSSR count). The van der Waals surface area contributed by atoms with Crippen molar-refractivity contribution in [3.63, 3.8) is 0 Å². The zero-order valence-electron chi connectivity index (χ0n) is 17.3. The van der Waals surface area contributed by atoms with Crippen molar-refractivity contribution in [2.24, 2.45) is 5.73 Å². The van der Waals surface area contributed by atoms with E-state index in [0.29, 0.717) is 50.1 Å². The van der Waals surface area contributed by atoms with Gasteiger partial charge in [0.1, 0.15) is 11.4 Å².